The molecule has 0 aromatic heterocycles. The monoisotopic (exact) mass is 863 g/mol. The summed E-state index contributed by atoms with van der Waals surface area (Å²) in [6.45, 7) is 6.46. The molecular weight excluding hydrogens is 769 g/mol. The van der Waals surface area contributed by atoms with Gasteiger partial charge in [-0.15, -0.1) is 0 Å². The summed E-state index contributed by atoms with van der Waals surface area (Å²) in [6, 6.07) is 0. The molecule has 6 nitrogen and oxygen atoms in total. The van der Waals surface area contributed by atoms with E-state index in [1.54, 1.807) is 0 Å². The molecule has 1 unspecified atom stereocenters. The standard InChI is InChI=1S/C56H94O6/c1-4-7-10-13-16-19-22-24-26-27-28-30-31-34-37-40-43-46-49-55(58)61-52-53(51-60-54(57)48-45-42-39-36-33-21-18-15-12-9-6-3)62-56(59)50-47-44-41-38-35-32-29-25-23-20-17-14-11-8-5-2/h10,13,15-16,18-20,22-24,26-28,30,53H,4-9,11-12,14,17,21,25,29,31-52H2,1-3H3/b13-10-,18-15-,19-16-,23-20-,24-22-,27-26-,30-28-. The van der Waals surface area contributed by atoms with Crippen LogP contribution in [0.4, 0.5) is 0 Å². The first-order chi connectivity index (χ1) is 30.5. The molecule has 0 saturated carbocycles. The fourth-order valence-corrected chi connectivity index (χ4v) is 6.80. The van der Waals surface area contributed by atoms with Crippen molar-refractivity contribution >= 4 is 17.9 Å². The summed E-state index contributed by atoms with van der Waals surface area (Å²) in [5, 5.41) is 0. The van der Waals surface area contributed by atoms with Crippen molar-refractivity contribution in [1.29, 1.82) is 0 Å². The number of ether oxygens (including phenoxy) is 3. The molecule has 0 radical (unpaired) electrons. The average molecular weight is 863 g/mol. The van der Waals surface area contributed by atoms with E-state index in [0.29, 0.717) is 19.3 Å². The van der Waals surface area contributed by atoms with E-state index in [1.165, 1.54) is 103 Å². The van der Waals surface area contributed by atoms with Gasteiger partial charge in [0.2, 0.25) is 0 Å². The highest BCUT2D eigenvalue weighted by Crippen LogP contribution is 2.14. The summed E-state index contributed by atoms with van der Waals surface area (Å²) in [5.74, 6) is -0.932. The Kier molecular flexibility index (Phi) is 47.5. The van der Waals surface area contributed by atoms with Gasteiger partial charge in [0.25, 0.3) is 0 Å². The number of allylic oxidation sites excluding steroid dienone is 14. The topological polar surface area (TPSA) is 78.9 Å². The van der Waals surface area contributed by atoms with Crippen molar-refractivity contribution < 1.29 is 28.6 Å². The van der Waals surface area contributed by atoms with Crippen molar-refractivity contribution in [2.45, 2.75) is 239 Å². The second-order valence-electron chi connectivity index (χ2n) is 16.8. The quantitative estimate of drug-likeness (QED) is 0.0199. The lowest BCUT2D eigenvalue weighted by Crippen LogP contribution is -2.30. The lowest BCUT2D eigenvalue weighted by Gasteiger charge is -2.18. The Morgan fingerprint density at radius 1 is 0.323 bits per heavy atom. The summed E-state index contributed by atoms with van der Waals surface area (Å²) >= 11 is 0. The zero-order valence-electron chi connectivity index (χ0n) is 40.4. The van der Waals surface area contributed by atoms with Crippen molar-refractivity contribution in [3.05, 3.63) is 85.1 Å². The molecule has 0 saturated heterocycles. The van der Waals surface area contributed by atoms with Crippen molar-refractivity contribution in [2.24, 2.45) is 0 Å². The van der Waals surface area contributed by atoms with Crippen molar-refractivity contribution in [1.82, 2.24) is 0 Å². The first-order valence-electron chi connectivity index (χ1n) is 25.7. The van der Waals surface area contributed by atoms with Gasteiger partial charge in [-0.2, -0.15) is 0 Å². The number of esters is 3. The first kappa shape index (κ1) is 58.6. The third-order valence-corrected chi connectivity index (χ3v) is 10.7. The molecule has 0 aliphatic rings. The van der Waals surface area contributed by atoms with E-state index >= 15 is 0 Å². The fraction of sp³-hybridized carbons (Fsp3) is 0.696. The zero-order chi connectivity index (χ0) is 45.1. The molecule has 0 bridgehead atoms. The largest absolute Gasteiger partial charge is 0.462 e. The first-order valence-corrected chi connectivity index (χ1v) is 25.7. The van der Waals surface area contributed by atoms with Gasteiger partial charge in [-0.1, -0.05) is 215 Å². The highest BCUT2D eigenvalue weighted by atomic mass is 16.6. The summed E-state index contributed by atoms with van der Waals surface area (Å²) in [6.07, 6.45) is 64.1. The molecule has 0 amide bonds. The maximum Gasteiger partial charge on any atom is 0.306 e. The zero-order valence-corrected chi connectivity index (χ0v) is 40.4. The van der Waals surface area contributed by atoms with Crippen LogP contribution in [0, 0.1) is 0 Å². The summed E-state index contributed by atoms with van der Waals surface area (Å²) < 4.78 is 16.8. The predicted octanol–water partition coefficient (Wildman–Crippen LogP) is 16.8. The number of carbonyl (C=O) groups is 3. The molecule has 354 valence electrons. The molecule has 0 heterocycles. The Morgan fingerprint density at radius 2 is 0.645 bits per heavy atom. The number of hydrogen-bond donors (Lipinski definition) is 0. The number of rotatable bonds is 45. The number of carbonyl (C=O) groups excluding carboxylic acids is 3. The van der Waals surface area contributed by atoms with Crippen LogP contribution < -0.4 is 0 Å². The Labute approximate surface area is 382 Å². The number of hydrogen-bond acceptors (Lipinski definition) is 6. The van der Waals surface area contributed by atoms with Crippen molar-refractivity contribution in [3.8, 4) is 0 Å². The maximum atomic E-state index is 12.8. The minimum Gasteiger partial charge on any atom is -0.462 e. The van der Waals surface area contributed by atoms with Gasteiger partial charge in [-0.05, 0) is 83.5 Å². The summed E-state index contributed by atoms with van der Waals surface area (Å²) in [4.78, 5) is 37.9. The Hall–Kier alpha value is -3.41. The highest BCUT2D eigenvalue weighted by molar-refractivity contribution is 5.71. The Morgan fingerprint density at radius 3 is 1.06 bits per heavy atom. The second kappa shape index (κ2) is 50.2. The lowest BCUT2D eigenvalue weighted by atomic mass is 10.1. The van der Waals surface area contributed by atoms with E-state index in [0.717, 1.165) is 89.9 Å². The van der Waals surface area contributed by atoms with E-state index in [9.17, 15) is 14.4 Å². The van der Waals surface area contributed by atoms with Crippen LogP contribution in [0.2, 0.25) is 0 Å². The van der Waals surface area contributed by atoms with Gasteiger partial charge in [0.05, 0.1) is 0 Å². The maximum absolute atomic E-state index is 12.8. The lowest BCUT2D eigenvalue weighted by molar-refractivity contribution is -0.167. The molecular formula is C56H94O6. The minimum atomic E-state index is -0.792. The molecule has 0 aliphatic carbocycles. The molecule has 0 spiro atoms. The van der Waals surface area contributed by atoms with Gasteiger partial charge in [0.1, 0.15) is 13.2 Å². The second-order valence-corrected chi connectivity index (χ2v) is 16.8. The average Bonchev–Trinajstić information content (AvgIpc) is 3.27. The van der Waals surface area contributed by atoms with E-state index in [4.69, 9.17) is 14.2 Å². The van der Waals surface area contributed by atoms with Crippen LogP contribution in [-0.4, -0.2) is 37.2 Å². The molecule has 0 aromatic rings. The van der Waals surface area contributed by atoms with Crippen LogP contribution in [-0.2, 0) is 28.6 Å². The molecule has 0 N–H and O–H groups in total. The van der Waals surface area contributed by atoms with E-state index in [2.05, 4.69) is 81.5 Å². The van der Waals surface area contributed by atoms with E-state index < -0.39 is 6.10 Å². The third-order valence-electron chi connectivity index (χ3n) is 10.7. The molecule has 0 rings (SSSR count). The van der Waals surface area contributed by atoms with Crippen LogP contribution in [0.25, 0.3) is 0 Å². The Balaban J connectivity index is 4.44. The van der Waals surface area contributed by atoms with Gasteiger partial charge in [-0.3, -0.25) is 14.4 Å². The van der Waals surface area contributed by atoms with Crippen molar-refractivity contribution in [3.63, 3.8) is 0 Å². The highest BCUT2D eigenvalue weighted by Gasteiger charge is 2.19. The normalized spacial score (nSPS) is 12.8. The third kappa shape index (κ3) is 47.6. The molecule has 6 heteroatoms. The predicted molar refractivity (Wildman–Crippen MR) is 265 cm³/mol. The summed E-state index contributed by atoms with van der Waals surface area (Å²) in [7, 11) is 0. The molecule has 0 aliphatic heterocycles. The fourth-order valence-electron chi connectivity index (χ4n) is 6.80. The van der Waals surface area contributed by atoms with E-state index in [-0.39, 0.29) is 31.1 Å². The Bertz CT molecular complexity index is 1220. The summed E-state index contributed by atoms with van der Waals surface area (Å²) in [5.41, 5.74) is 0. The van der Waals surface area contributed by atoms with Crippen LogP contribution in [0.3, 0.4) is 0 Å². The van der Waals surface area contributed by atoms with Crippen LogP contribution in [0.15, 0.2) is 85.1 Å². The van der Waals surface area contributed by atoms with Crippen LogP contribution >= 0.6 is 0 Å². The van der Waals surface area contributed by atoms with Crippen molar-refractivity contribution in [2.75, 3.05) is 13.2 Å². The molecule has 1 atom stereocenters. The molecule has 0 fully saturated rings. The van der Waals surface area contributed by atoms with Gasteiger partial charge >= 0.3 is 17.9 Å². The van der Waals surface area contributed by atoms with Gasteiger partial charge in [0, 0.05) is 19.3 Å². The van der Waals surface area contributed by atoms with Gasteiger partial charge in [-0.25, -0.2) is 0 Å². The van der Waals surface area contributed by atoms with Crippen LogP contribution in [0.1, 0.15) is 233 Å². The number of unbranched alkanes of at least 4 members (excludes halogenated alkanes) is 24. The molecule has 62 heavy (non-hydrogen) atoms. The van der Waals surface area contributed by atoms with E-state index in [1.807, 2.05) is 24.3 Å². The van der Waals surface area contributed by atoms with Crippen LogP contribution in [0.5, 0.6) is 0 Å². The van der Waals surface area contributed by atoms with Gasteiger partial charge in [0.15, 0.2) is 6.10 Å². The molecule has 0 aromatic carbocycles. The SMILES string of the molecule is CCC\C=C/C=C\C=C/C=C\C=C/CCCCCCCC(=O)OCC(COC(=O)CCCCCCC/C=C\CCCC)OC(=O)CCCCCCCCC/C=C\CCCCCC. The van der Waals surface area contributed by atoms with Gasteiger partial charge < -0.3 is 14.2 Å². The smallest absolute Gasteiger partial charge is 0.306 e. The minimum absolute atomic E-state index is 0.0917.